The molecular weight excluding hydrogens is 348 g/mol. The van der Waals surface area contributed by atoms with Crippen molar-refractivity contribution < 1.29 is 18.3 Å². The molecule has 0 amide bonds. The van der Waals surface area contributed by atoms with Gasteiger partial charge in [-0.05, 0) is 61.7 Å². The van der Waals surface area contributed by atoms with Gasteiger partial charge >= 0.3 is 0 Å². The Kier molecular flexibility index (Phi) is 5.26. The van der Waals surface area contributed by atoms with Crippen LogP contribution in [0.3, 0.4) is 0 Å². The second-order valence-electron chi connectivity index (χ2n) is 7.61. The van der Waals surface area contributed by atoms with Gasteiger partial charge in [0.1, 0.15) is 17.7 Å². The van der Waals surface area contributed by atoms with Crippen molar-refractivity contribution in [1.82, 2.24) is 4.90 Å². The van der Waals surface area contributed by atoms with E-state index in [1.807, 2.05) is 0 Å². The molecule has 2 aliphatic heterocycles. The lowest BCUT2D eigenvalue weighted by molar-refractivity contribution is -0.0523. The average Bonchev–Trinajstić information content (AvgIpc) is 2.85. The Morgan fingerprint density at radius 2 is 1.44 bits per heavy atom. The number of piperidine rings is 1. The van der Waals surface area contributed by atoms with Gasteiger partial charge in [0.2, 0.25) is 0 Å². The molecule has 0 radical (unpaired) electrons. The molecule has 0 spiro atoms. The minimum absolute atomic E-state index is 0.0801. The molecule has 0 aromatic heterocycles. The van der Waals surface area contributed by atoms with Gasteiger partial charge in [0.25, 0.3) is 0 Å². The summed E-state index contributed by atoms with van der Waals surface area (Å²) in [6.45, 7) is 0. The standard InChI is InChI=1S/C22H25F2NO2/c1-25-18-11-19(13-20(25)21(12-18)26-2)27-22(14-3-7-16(23)8-4-14)15-5-9-17(24)10-6-15/h3-10,18-22H,11-13H2,1-2H3/t18-,19-,20+,21+/m0/s1. The predicted molar refractivity (Wildman–Crippen MR) is 99.5 cm³/mol. The number of fused-ring (bicyclic) bond motifs is 2. The Balaban J connectivity index is 1.58. The van der Waals surface area contributed by atoms with Crippen molar-refractivity contribution in [2.24, 2.45) is 0 Å². The molecule has 4 atom stereocenters. The van der Waals surface area contributed by atoms with Crippen LogP contribution in [0.1, 0.15) is 36.5 Å². The smallest absolute Gasteiger partial charge is 0.123 e. The molecule has 2 saturated heterocycles. The van der Waals surface area contributed by atoms with Gasteiger partial charge < -0.3 is 9.47 Å². The predicted octanol–water partition coefficient (Wildman–Crippen LogP) is 4.32. The second-order valence-corrected chi connectivity index (χ2v) is 7.61. The quantitative estimate of drug-likeness (QED) is 0.779. The first kappa shape index (κ1) is 18.5. The number of methoxy groups -OCH3 is 1. The fourth-order valence-electron chi connectivity index (χ4n) is 4.56. The maximum absolute atomic E-state index is 13.4. The normalized spacial score (nSPS) is 28.0. The zero-order valence-electron chi connectivity index (χ0n) is 15.6. The number of hydrogen-bond acceptors (Lipinski definition) is 3. The van der Waals surface area contributed by atoms with Gasteiger partial charge in [-0.2, -0.15) is 0 Å². The van der Waals surface area contributed by atoms with Crippen LogP contribution < -0.4 is 0 Å². The first-order valence-electron chi connectivity index (χ1n) is 9.46. The van der Waals surface area contributed by atoms with Crippen LogP contribution in [-0.4, -0.2) is 43.3 Å². The minimum atomic E-state index is -0.347. The number of nitrogens with zero attached hydrogens (tertiary/aromatic N) is 1. The lowest BCUT2D eigenvalue weighted by Crippen LogP contribution is -2.45. The average molecular weight is 373 g/mol. The minimum Gasteiger partial charge on any atom is -0.380 e. The molecule has 2 aromatic rings. The van der Waals surface area contributed by atoms with Crippen LogP contribution in [-0.2, 0) is 9.47 Å². The highest BCUT2D eigenvalue weighted by Gasteiger charge is 2.46. The summed E-state index contributed by atoms with van der Waals surface area (Å²) in [7, 11) is 3.93. The fourth-order valence-corrected chi connectivity index (χ4v) is 4.56. The summed E-state index contributed by atoms with van der Waals surface area (Å²) in [6.07, 6.45) is 2.82. The van der Waals surface area contributed by atoms with E-state index >= 15 is 0 Å². The van der Waals surface area contributed by atoms with Gasteiger partial charge in [-0.1, -0.05) is 24.3 Å². The highest BCUT2D eigenvalue weighted by atomic mass is 19.1. The van der Waals surface area contributed by atoms with Crippen molar-refractivity contribution in [2.45, 2.75) is 49.7 Å². The lowest BCUT2D eigenvalue weighted by atomic mass is 9.97. The van der Waals surface area contributed by atoms with E-state index in [4.69, 9.17) is 9.47 Å². The van der Waals surface area contributed by atoms with E-state index < -0.39 is 0 Å². The van der Waals surface area contributed by atoms with E-state index in [2.05, 4.69) is 11.9 Å². The number of ether oxygens (including phenoxy) is 2. The van der Waals surface area contributed by atoms with E-state index in [1.54, 1.807) is 31.4 Å². The van der Waals surface area contributed by atoms with Crippen LogP contribution in [0.25, 0.3) is 0 Å². The molecule has 0 saturated carbocycles. The fraction of sp³-hybridized carbons (Fsp3) is 0.455. The zero-order valence-corrected chi connectivity index (χ0v) is 15.6. The van der Waals surface area contributed by atoms with Gasteiger partial charge in [-0.25, -0.2) is 8.78 Å². The molecule has 0 aliphatic carbocycles. The number of hydrogen-bond donors (Lipinski definition) is 0. The maximum Gasteiger partial charge on any atom is 0.123 e. The Morgan fingerprint density at radius 1 is 0.889 bits per heavy atom. The monoisotopic (exact) mass is 373 g/mol. The summed E-state index contributed by atoms with van der Waals surface area (Å²) < 4.78 is 39.0. The summed E-state index contributed by atoms with van der Waals surface area (Å²) >= 11 is 0. The molecular formula is C22H25F2NO2. The van der Waals surface area contributed by atoms with Crippen molar-refractivity contribution in [3.8, 4) is 0 Å². The number of likely N-dealkylation sites (N-methyl/N-ethyl adjacent to an activating group) is 1. The van der Waals surface area contributed by atoms with Crippen LogP contribution in [0.2, 0.25) is 0 Å². The zero-order chi connectivity index (χ0) is 19.0. The van der Waals surface area contributed by atoms with Crippen molar-refractivity contribution >= 4 is 0 Å². The second kappa shape index (κ2) is 7.66. The van der Waals surface area contributed by atoms with Crippen LogP contribution >= 0.6 is 0 Å². The van der Waals surface area contributed by atoms with Gasteiger partial charge in [0.05, 0.1) is 12.2 Å². The lowest BCUT2D eigenvalue weighted by Gasteiger charge is -2.38. The van der Waals surface area contributed by atoms with Crippen molar-refractivity contribution in [3.05, 3.63) is 71.3 Å². The molecule has 5 heteroatoms. The molecule has 2 aromatic carbocycles. The van der Waals surface area contributed by atoms with E-state index in [1.165, 1.54) is 24.3 Å². The molecule has 0 unspecified atom stereocenters. The van der Waals surface area contributed by atoms with Gasteiger partial charge in [-0.15, -0.1) is 0 Å². The molecule has 0 N–H and O–H groups in total. The van der Waals surface area contributed by atoms with E-state index in [0.717, 1.165) is 30.4 Å². The maximum atomic E-state index is 13.4. The first-order chi connectivity index (χ1) is 13.0. The van der Waals surface area contributed by atoms with E-state index in [9.17, 15) is 8.78 Å². The third kappa shape index (κ3) is 3.77. The first-order valence-corrected chi connectivity index (χ1v) is 9.46. The van der Waals surface area contributed by atoms with Gasteiger partial charge in [-0.3, -0.25) is 4.90 Å². The Morgan fingerprint density at radius 3 is 1.96 bits per heavy atom. The summed E-state index contributed by atoms with van der Waals surface area (Å²) in [5, 5.41) is 0. The number of halogens is 2. The van der Waals surface area contributed by atoms with Crippen LogP contribution in [0.5, 0.6) is 0 Å². The van der Waals surface area contributed by atoms with E-state index in [-0.39, 0.29) is 29.9 Å². The Hall–Kier alpha value is -1.82. The van der Waals surface area contributed by atoms with Gasteiger partial charge in [0.15, 0.2) is 0 Å². The van der Waals surface area contributed by atoms with Crippen LogP contribution in [0, 0.1) is 11.6 Å². The molecule has 2 bridgehead atoms. The number of rotatable bonds is 5. The molecule has 3 nitrogen and oxygen atoms in total. The van der Waals surface area contributed by atoms with Crippen LogP contribution in [0.15, 0.2) is 48.5 Å². The highest BCUT2D eigenvalue weighted by Crippen LogP contribution is 2.39. The number of benzene rings is 2. The summed E-state index contributed by atoms with van der Waals surface area (Å²) in [5.74, 6) is -0.561. The molecule has 144 valence electrons. The highest BCUT2D eigenvalue weighted by molar-refractivity contribution is 5.30. The van der Waals surface area contributed by atoms with E-state index in [0.29, 0.717) is 12.1 Å². The largest absolute Gasteiger partial charge is 0.380 e. The van der Waals surface area contributed by atoms with Crippen LogP contribution in [0.4, 0.5) is 8.78 Å². The molecule has 27 heavy (non-hydrogen) atoms. The summed E-state index contributed by atoms with van der Waals surface area (Å²) in [5.41, 5.74) is 1.75. The third-order valence-electron chi connectivity index (χ3n) is 6.05. The van der Waals surface area contributed by atoms with Crippen molar-refractivity contribution in [2.75, 3.05) is 14.2 Å². The summed E-state index contributed by atoms with van der Waals surface area (Å²) in [4.78, 5) is 2.40. The third-order valence-corrected chi connectivity index (χ3v) is 6.05. The van der Waals surface area contributed by atoms with Crippen molar-refractivity contribution in [1.29, 1.82) is 0 Å². The topological polar surface area (TPSA) is 21.7 Å². The molecule has 2 aliphatic rings. The molecule has 2 fully saturated rings. The SMILES string of the molecule is CO[C@@H]1C[C@@H]2C[C@H](OC(c3ccc(F)cc3)c3ccc(F)cc3)C[C@H]1N2C. The Bertz CT molecular complexity index is 719. The Labute approximate surface area is 158 Å². The molecule has 2 heterocycles. The molecule has 4 rings (SSSR count). The summed E-state index contributed by atoms with van der Waals surface area (Å²) in [6, 6.07) is 13.5. The van der Waals surface area contributed by atoms with Gasteiger partial charge in [0, 0.05) is 19.2 Å². The van der Waals surface area contributed by atoms with Crippen molar-refractivity contribution in [3.63, 3.8) is 0 Å².